The smallest absolute Gasteiger partial charge is 0.402 e. The monoisotopic (exact) mass is 398 g/mol. The predicted octanol–water partition coefficient (Wildman–Crippen LogP) is 4.22. The third-order valence-electron chi connectivity index (χ3n) is 0. The summed E-state index contributed by atoms with van der Waals surface area (Å²) >= 11 is 0. The van der Waals surface area contributed by atoms with Crippen molar-refractivity contribution in [2.75, 3.05) is 0 Å². The van der Waals surface area contributed by atoms with Crippen LogP contribution in [0.1, 0.15) is 27.7 Å². The molecule has 0 radical (unpaired) electrons. The molecule has 16 heteroatoms. The van der Waals surface area contributed by atoms with Crippen molar-refractivity contribution >= 4 is 7.32 Å². The van der Waals surface area contributed by atoms with Gasteiger partial charge in [0, 0.05) is 27.7 Å². The fourth-order valence-corrected chi connectivity index (χ4v) is 0. The summed E-state index contributed by atoms with van der Waals surface area (Å²) in [5.74, 6) is 0. The topological polar surface area (TPSA) is 60.7 Å². The average molecular weight is 398 g/mol. The van der Waals surface area contributed by atoms with E-state index >= 15 is 0 Å². The van der Waals surface area contributed by atoms with Crippen molar-refractivity contribution in [1.29, 1.82) is 0 Å². The Morgan fingerprint density at radius 1 is 0.417 bits per heavy atom. The highest BCUT2D eigenvalue weighted by molar-refractivity contribution is 6.30. The standard InChI is InChI=1S/4C2H3F3.BH3O3/c4*1-2(3,4)5;2-1(3)4/h4*1H3;2-4H. The molecule has 0 aromatic carbocycles. The Hall–Kier alpha value is -0.895. The van der Waals surface area contributed by atoms with E-state index in [4.69, 9.17) is 15.1 Å². The molecule has 0 fully saturated rings. The minimum atomic E-state index is -4.00. The van der Waals surface area contributed by atoms with Crippen LogP contribution in [0.15, 0.2) is 0 Å². The number of rotatable bonds is 0. The highest BCUT2D eigenvalue weighted by atomic mass is 19.4. The lowest BCUT2D eigenvalue weighted by molar-refractivity contribution is -0.111. The van der Waals surface area contributed by atoms with Gasteiger partial charge in [-0.3, -0.25) is 0 Å². The Labute approximate surface area is 129 Å². The lowest BCUT2D eigenvalue weighted by Gasteiger charge is -1.88. The van der Waals surface area contributed by atoms with Gasteiger partial charge in [-0.25, -0.2) is 0 Å². The van der Waals surface area contributed by atoms with Crippen molar-refractivity contribution in [3.63, 3.8) is 0 Å². The molecule has 0 amide bonds. The zero-order chi connectivity index (χ0) is 21.6. The number of hydrogen-bond acceptors (Lipinski definition) is 3. The van der Waals surface area contributed by atoms with Crippen LogP contribution in [-0.4, -0.2) is 47.1 Å². The van der Waals surface area contributed by atoms with Crippen LogP contribution in [-0.2, 0) is 0 Å². The minimum Gasteiger partial charge on any atom is -0.402 e. The van der Waals surface area contributed by atoms with Crippen molar-refractivity contribution in [3.05, 3.63) is 0 Å². The summed E-state index contributed by atoms with van der Waals surface area (Å²) in [6.07, 6.45) is -16.0. The number of hydrogen-bond donors (Lipinski definition) is 3. The molecule has 0 atom stereocenters. The fourth-order valence-electron chi connectivity index (χ4n) is 0. The van der Waals surface area contributed by atoms with Crippen LogP contribution in [0.4, 0.5) is 52.7 Å². The first kappa shape index (κ1) is 34.4. The second-order valence-corrected chi connectivity index (χ2v) is 3.47. The van der Waals surface area contributed by atoms with Crippen LogP contribution in [0.5, 0.6) is 0 Å². The highest BCUT2D eigenvalue weighted by Gasteiger charge is 2.16. The van der Waals surface area contributed by atoms with Crippen LogP contribution in [0.3, 0.4) is 0 Å². The molecule has 0 saturated heterocycles. The Bertz CT molecular complexity index is 180. The molecule has 0 aliphatic rings. The van der Waals surface area contributed by atoms with E-state index in [0.29, 0.717) is 0 Å². The van der Waals surface area contributed by atoms with Gasteiger partial charge >= 0.3 is 32.0 Å². The molecule has 0 aromatic rings. The third-order valence-corrected chi connectivity index (χ3v) is 0. The van der Waals surface area contributed by atoms with E-state index in [0.717, 1.165) is 0 Å². The van der Waals surface area contributed by atoms with Crippen LogP contribution in [0.2, 0.25) is 0 Å². The van der Waals surface area contributed by atoms with Crippen LogP contribution >= 0.6 is 0 Å². The molecule has 0 rings (SSSR count). The highest BCUT2D eigenvalue weighted by Crippen LogP contribution is 2.11. The van der Waals surface area contributed by atoms with Crippen LogP contribution in [0.25, 0.3) is 0 Å². The van der Waals surface area contributed by atoms with Crippen molar-refractivity contribution in [1.82, 2.24) is 0 Å². The maximum Gasteiger partial charge on any atom is 0.631 e. The van der Waals surface area contributed by atoms with Crippen molar-refractivity contribution in [3.8, 4) is 0 Å². The SMILES string of the molecule is CC(F)(F)F.CC(F)(F)F.CC(F)(F)F.CC(F)(F)F.OB(O)O. The average Bonchev–Trinajstić information content (AvgIpc) is 1.82. The van der Waals surface area contributed by atoms with Crippen LogP contribution < -0.4 is 0 Å². The molecule has 0 saturated carbocycles. The molecular weight excluding hydrogens is 383 g/mol. The molecule has 24 heavy (non-hydrogen) atoms. The molecular formula is C8H15BF12O3. The van der Waals surface area contributed by atoms with Gasteiger partial charge < -0.3 is 15.1 Å². The Morgan fingerprint density at radius 3 is 0.417 bits per heavy atom. The first-order valence-electron chi connectivity index (χ1n) is 5.04. The van der Waals surface area contributed by atoms with E-state index in [1.165, 1.54) is 0 Å². The Morgan fingerprint density at radius 2 is 0.417 bits per heavy atom. The fraction of sp³-hybridized carbons (Fsp3) is 1.00. The van der Waals surface area contributed by atoms with Gasteiger partial charge in [0.15, 0.2) is 0 Å². The van der Waals surface area contributed by atoms with E-state index in [-0.39, 0.29) is 27.7 Å². The van der Waals surface area contributed by atoms with Gasteiger partial charge in [0.1, 0.15) is 0 Å². The van der Waals surface area contributed by atoms with Gasteiger partial charge in [0.2, 0.25) is 0 Å². The molecule has 0 bridgehead atoms. The maximum atomic E-state index is 10.4. The van der Waals surface area contributed by atoms with E-state index in [1.54, 1.807) is 0 Å². The zero-order valence-electron chi connectivity index (χ0n) is 12.5. The lowest BCUT2D eigenvalue weighted by atomic mass is 10.3. The Balaban J connectivity index is -0.0000000628. The Kier molecular flexibility index (Phi) is 20.7. The van der Waals surface area contributed by atoms with Gasteiger partial charge in [0.05, 0.1) is 0 Å². The molecule has 0 spiro atoms. The first-order valence-corrected chi connectivity index (χ1v) is 5.04. The summed E-state index contributed by atoms with van der Waals surface area (Å²) in [5.41, 5.74) is 0. The number of halogens is 12. The molecule has 0 aliphatic carbocycles. The van der Waals surface area contributed by atoms with E-state index < -0.39 is 32.0 Å². The van der Waals surface area contributed by atoms with E-state index in [2.05, 4.69) is 0 Å². The summed E-state index contributed by atoms with van der Waals surface area (Å²) in [7, 11) is -2.17. The van der Waals surface area contributed by atoms with Crippen molar-refractivity contribution < 1.29 is 67.8 Å². The summed E-state index contributed by atoms with van der Waals surface area (Å²) in [5, 5.41) is 21.5. The molecule has 0 heterocycles. The third kappa shape index (κ3) is 10600. The van der Waals surface area contributed by atoms with Gasteiger partial charge in [-0.1, -0.05) is 0 Å². The van der Waals surface area contributed by atoms with Gasteiger partial charge in [0.25, 0.3) is 0 Å². The second-order valence-electron chi connectivity index (χ2n) is 3.47. The minimum absolute atomic E-state index is 0.188. The molecule has 3 nitrogen and oxygen atoms in total. The molecule has 0 aromatic heterocycles. The van der Waals surface area contributed by atoms with Gasteiger partial charge in [-0.2, -0.15) is 52.7 Å². The summed E-state index contributed by atoms with van der Waals surface area (Å²) in [6.45, 7) is 0.750. The van der Waals surface area contributed by atoms with Crippen molar-refractivity contribution in [2.24, 2.45) is 0 Å². The summed E-state index contributed by atoms with van der Waals surface area (Å²) < 4.78 is 124. The van der Waals surface area contributed by atoms with E-state index in [9.17, 15) is 52.7 Å². The van der Waals surface area contributed by atoms with Crippen molar-refractivity contribution in [2.45, 2.75) is 52.4 Å². The zero-order valence-corrected chi connectivity index (χ0v) is 12.5. The molecule has 3 N–H and O–H groups in total. The van der Waals surface area contributed by atoms with E-state index in [1.807, 2.05) is 0 Å². The van der Waals surface area contributed by atoms with Gasteiger partial charge in [-0.15, -0.1) is 0 Å². The molecule has 0 aliphatic heterocycles. The predicted molar refractivity (Wildman–Crippen MR) is 59.3 cm³/mol. The largest absolute Gasteiger partial charge is 0.631 e. The summed E-state index contributed by atoms with van der Waals surface area (Å²) in [6, 6.07) is 0. The quantitative estimate of drug-likeness (QED) is 0.423. The second kappa shape index (κ2) is 14.4. The molecule has 152 valence electrons. The maximum absolute atomic E-state index is 10.4. The first-order chi connectivity index (χ1) is 9.73. The van der Waals surface area contributed by atoms with Crippen LogP contribution in [0, 0.1) is 0 Å². The number of alkyl halides is 12. The summed E-state index contributed by atoms with van der Waals surface area (Å²) in [4.78, 5) is 0. The lowest BCUT2D eigenvalue weighted by Crippen LogP contribution is -2.07. The molecule has 0 unspecified atom stereocenters. The normalized spacial score (nSPS) is 11.1. The van der Waals surface area contributed by atoms with Gasteiger partial charge in [-0.05, 0) is 0 Å².